The number of carbonyl (C=O) groups is 2. The van der Waals surface area contributed by atoms with Crippen molar-refractivity contribution in [3.8, 4) is 11.5 Å². The van der Waals surface area contributed by atoms with Gasteiger partial charge in [-0.3, -0.25) is 4.79 Å². The summed E-state index contributed by atoms with van der Waals surface area (Å²) in [5.41, 5.74) is 0.631. The van der Waals surface area contributed by atoms with Crippen LogP contribution in [0.25, 0.3) is 0 Å². The number of methoxy groups -OCH3 is 2. The summed E-state index contributed by atoms with van der Waals surface area (Å²) in [6.45, 7) is 2.25. The predicted molar refractivity (Wildman–Crippen MR) is 77.4 cm³/mol. The summed E-state index contributed by atoms with van der Waals surface area (Å²) in [5, 5.41) is 11.5. The summed E-state index contributed by atoms with van der Waals surface area (Å²) in [6.07, 6.45) is 0.484. The number of piperidine rings is 1. The number of hydrogen-bond donors (Lipinski definition) is 0. The number of amides is 1. The zero-order chi connectivity index (χ0) is 16.3. The molecule has 0 aromatic heterocycles. The van der Waals surface area contributed by atoms with Gasteiger partial charge < -0.3 is 24.3 Å². The number of ether oxygens (including phenoxy) is 2. The zero-order valence-electron chi connectivity index (χ0n) is 13.0. The third-order valence-electron chi connectivity index (χ3n) is 4.11. The van der Waals surface area contributed by atoms with E-state index < -0.39 is 17.9 Å². The molecule has 0 spiro atoms. The number of nitrogens with zero attached hydrogens (tertiary/aromatic N) is 1. The van der Waals surface area contributed by atoms with E-state index in [9.17, 15) is 14.7 Å². The Morgan fingerprint density at radius 1 is 1.36 bits per heavy atom. The van der Waals surface area contributed by atoms with Crippen LogP contribution >= 0.6 is 0 Å². The zero-order valence-corrected chi connectivity index (χ0v) is 13.0. The van der Waals surface area contributed by atoms with Crippen molar-refractivity contribution in [2.24, 2.45) is 5.92 Å². The highest BCUT2D eigenvalue weighted by Gasteiger charge is 2.38. The van der Waals surface area contributed by atoms with Gasteiger partial charge in [0.1, 0.15) is 11.5 Å². The number of hydrogen-bond acceptors (Lipinski definition) is 5. The lowest BCUT2D eigenvalue weighted by molar-refractivity contribution is -0.314. The van der Waals surface area contributed by atoms with E-state index in [1.165, 1.54) is 14.2 Å². The standard InChI is InChI=1S/C16H21NO5/c1-4-17-14(18)8-6-11(16(19)20)15(17)12-9-10(21-2)5-7-13(12)22-3/h5,7,9,11,15H,4,6,8H2,1-3H3,(H,19,20)/p-1/t11-,15+/m1/s1. The van der Waals surface area contributed by atoms with Gasteiger partial charge in [0.25, 0.3) is 0 Å². The molecule has 1 fully saturated rings. The van der Waals surface area contributed by atoms with Crippen LogP contribution in [-0.2, 0) is 9.59 Å². The maximum atomic E-state index is 12.2. The Morgan fingerprint density at radius 3 is 2.64 bits per heavy atom. The quantitative estimate of drug-likeness (QED) is 0.802. The molecule has 120 valence electrons. The van der Waals surface area contributed by atoms with Crippen LogP contribution in [0.1, 0.15) is 31.4 Å². The van der Waals surface area contributed by atoms with Crippen molar-refractivity contribution >= 4 is 11.9 Å². The number of aliphatic carboxylic acids is 1. The Bertz CT molecular complexity index is 570. The van der Waals surface area contributed by atoms with Gasteiger partial charge in [0.05, 0.1) is 20.3 Å². The second kappa shape index (κ2) is 6.68. The summed E-state index contributed by atoms with van der Waals surface area (Å²) >= 11 is 0. The van der Waals surface area contributed by atoms with Crippen LogP contribution in [0.15, 0.2) is 18.2 Å². The first-order valence-corrected chi connectivity index (χ1v) is 7.25. The fraction of sp³-hybridized carbons (Fsp3) is 0.500. The van der Waals surface area contributed by atoms with Crippen molar-refractivity contribution in [1.82, 2.24) is 4.90 Å². The maximum absolute atomic E-state index is 12.2. The van der Waals surface area contributed by atoms with Crippen LogP contribution in [0.3, 0.4) is 0 Å². The molecule has 0 radical (unpaired) electrons. The van der Waals surface area contributed by atoms with Crippen LogP contribution in [0.2, 0.25) is 0 Å². The van der Waals surface area contributed by atoms with E-state index in [2.05, 4.69) is 0 Å². The van der Waals surface area contributed by atoms with E-state index in [1.807, 2.05) is 6.92 Å². The molecule has 2 atom stereocenters. The van der Waals surface area contributed by atoms with Gasteiger partial charge in [0, 0.05) is 30.4 Å². The monoisotopic (exact) mass is 306 g/mol. The maximum Gasteiger partial charge on any atom is 0.223 e. The molecule has 0 unspecified atom stereocenters. The second-order valence-electron chi connectivity index (χ2n) is 5.20. The molecule has 0 N–H and O–H groups in total. The molecule has 6 heteroatoms. The van der Waals surface area contributed by atoms with Gasteiger partial charge in [-0.1, -0.05) is 0 Å². The van der Waals surface area contributed by atoms with Gasteiger partial charge in [0.15, 0.2) is 0 Å². The Balaban J connectivity index is 2.56. The number of carbonyl (C=O) groups excluding carboxylic acids is 2. The largest absolute Gasteiger partial charge is 0.550 e. The van der Waals surface area contributed by atoms with Gasteiger partial charge in [-0.15, -0.1) is 0 Å². The number of carboxylic acid groups (broad SMARTS) is 1. The van der Waals surface area contributed by atoms with E-state index in [0.717, 1.165) is 0 Å². The van der Waals surface area contributed by atoms with Crippen molar-refractivity contribution in [2.75, 3.05) is 20.8 Å². The van der Waals surface area contributed by atoms with E-state index >= 15 is 0 Å². The lowest BCUT2D eigenvalue weighted by atomic mass is 9.84. The average molecular weight is 306 g/mol. The van der Waals surface area contributed by atoms with Gasteiger partial charge in [-0.25, -0.2) is 0 Å². The highest BCUT2D eigenvalue weighted by Crippen LogP contribution is 2.41. The third kappa shape index (κ3) is 2.86. The van der Waals surface area contributed by atoms with E-state index in [4.69, 9.17) is 9.47 Å². The number of benzene rings is 1. The first-order chi connectivity index (χ1) is 10.5. The minimum Gasteiger partial charge on any atom is -0.550 e. The predicted octanol–water partition coefficient (Wildman–Crippen LogP) is 0.753. The van der Waals surface area contributed by atoms with Crippen LogP contribution in [0.5, 0.6) is 11.5 Å². The van der Waals surface area contributed by atoms with Crippen LogP contribution in [0, 0.1) is 5.92 Å². The molecule has 1 aromatic carbocycles. The number of rotatable bonds is 5. The van der Waals surface area contributed by atoms with Crippen LogP contribution in [-0.4, -0.2) is 37.5 Å². The summed E-state index contributed by atoms with van der Waals surface area (Å²) in [7, 11) is 3.05. The molecule has 0 saturated carbocycles. The number of carboxylic acids is 1. The molecule has 0 bridgehead atoms. The highest BCUT2D eigenvalue weighted by molar-refractivity contribution is 5.81. The Hall–Kier alpha value is -2.24. The smallest absolute Gasteiger partial charge is 0.223 e. The number of likely N-dealkylation sites (tertiary alicyclic amines) is 1. The van der Waals surface area contributed by atoms with Gasteiger partial charge in [0.2, 0.25) is 5.91 Å². The molecule has 1 aromatic rings. The first-order valence-electron chi connectivity index (χ1n) is 7.25. The van der Waals surface area contributed by atoms with Crippen molar-refractivity contribution in [1.29, 1.82) is 0 Å². The first kappa shape index (κ1) is 16.1. The lowest BCUT2D eigenvalue weighted by Gasteiger charge is -2.42. The van der Waals surface area contributed by atoms with E-state index in [1.54, 1.807) is 23.1 Å². The normalized spacial score (nSPS) is 21.6. The summed E-state index contributed by atoms with van der Waals surface area (Å²) in [4.78, 5) is 25.3. The molecule has 2 rings (SSSR count). The Labute approximate surface area is 129 Å². The van der Waals surface area contributed by atoms with Gasteiger partial charge >= 0.3 is 0 Å². The Kier molecular flexibility index (Phi) is 4.90. The highest BCUT2D eigenvalue weighted by atomic mass is 16.5. The summed E-state index contributed by atoms with van der Waals surface area (Å²) in [5.74, 6) is -0.860. The Morgan fingerprint density at radius 2 is 2.09 bits per heavy atom. The SMILES string of the molecule is CCN1C(=O)CC[C@@H](C(=O)[O-])[C@H]1c1cc(OC)ccc1OC. The molecule has 1 amide bonds. The lowest BCUT2D eigenvalue weighted by Crippen LogP contribution is -2.48. The van der Waals surface area contributed by atoms with Crippen molar-refractivity contribution < 1.29 is 24.2 Å². The molecule has 1 saturated heterocycles. The minimum atomic E-state index is -1.15. The molecular formula is C16H20NO5-. The molecule has 1 heterocycles. The van der Waals surface area contributed by atoms with Crippen LogP contribution < -0.4 is 14.6 Å². The molecular weight excluding hydrogens is 286 g/mol. The van der Waals surface area contributed by atoms with E-state index in [0.29, 0.717) is 23.6 Å². The minimum absolute atomic E-state index is 0.0603. The molecule has 1 aliphatic rings. The molecule has 1 aliphatic heterocycles. The second-order valence-corrected chi connectivity index (χ2v) is 5.20. The third-order valence-corrected chi connectivity index (χ3v) is 4.11. The fourth-order valence-electron chi connectivity index (χ4n) is 3.03. The molecule has 6 nitrogen and oxygen atoms in total. The van der Waals surface area contributed by atoms with E-state index in [-0.39, 0.29) is 18.7 Å². The average Bonchev–Trinajstić information content (AvgIpc) is 2.53. The fourth-order valence-corrected chi connectivity index (χ4v) is 3.03. The van der Waals surface area contributed by atoms with Gasteiger partial charge in [-0.2, -0.15) is 0 Å². The topological polar surface area (TPSA) is 78.9 Å². The van der Waals surface area contributed by atoms with Crippen molar-refractivity contribution in [3.63, 3.8) is 0 Å². The summed E-state index contributed by atoms with van der Waals surface area (Å²) in [6, 6.07) is 4.56. The van der Waals surface area contributed by atoms with Crippen molar-refractivity contribution in [3.05, 3.63) is 23.8 Å². The van der Waals surface area contributed by atoms with Gasteiger partial charge in [-0.05, 0) is 31.5 Å². The molecule has 22 heavy (non-hydrogen) atoms. The molecule has 0 aliphatic carbocycles. The summed E-state index contributed by atoms with van der Waals surface area (Å²) < 4.78 is 10.6. The van der Waals surface area contributed by atoms with Crippen molar-refractivity contribution in [2.45, 2.75) is 25.8 Å². The van der Waals surface area contributed by atoms with Crippen LogP contribution in [0.4, 0.5) is 0 Å².